The summed E-state index contributed by atoms with van der Waals surface area (Å²) in [5.74, 6) is 0.777. The molecule has 6 atom stereocenters. The number of hydrogen-bond acceptors (Lipinski definition) is 3. The number of aliphatic hydroxyl groups excluding tert-OH is 1. The van der Waals surface area contributed by atoms with E-state index in [1.54, 1.807) is 0 Å². The van der Waals surface area contributed by atoms with Gasteiger partial charge in [0.05, 0.1) is 12.0 Å². The minimum absolute atomic E-state index is 0.0270. The molecular weight excluding hydrogens is 228 g/mol. The van der Waals surface area contributed by atoms with Crippen molar-refractivity contribution >= 4 is 5.97 Å². The van der Waals surface area contributed by atoms with Gasteiger partial charge in [-0.25, -0.2) is 0 Å². The third-order valence-corrected chi connectivity index (χ3v) is 5.47. The van der Waals surface area contributed by atoms with Gasteiger partial charge in [-0.15, -0.1) is 0 Å². The fourth-order valence-corrected chi connectivity index (χ4v) is 4.49. The average Bonchev–Trinajstić information content (AvgIpc) is 2.50. The van der Waals surface area contributed by atoms with Gasteiger partial charge in [0, 0.05) is 5.92 Å². The highest BCUT2D eigenvalue weighted by Gasteiger charge is 2.54. The van der Waals surface area contributed by atoms with Crippen LogP contribution in [0.4, 0.5) is 0 Å². The molecule has 100 valence electrons. The van der Waals surface area contributed by atoms with E-state index >= 15 is 0 Å². The Morgan fingerprint density at radius 1 is 1.44 bits per heavy atom. The molecule has 0 bridgehead atoms. The lowest BCUT2D eigenvalue weighted by Crippen LogP contribution is -2.47. The Balaban J connectivity index is 1.89. The topological polar surface area (TPSA) is 46.5 Å². The molecule has 18 heavy (non-hydrogen) atoms. The Morgan fingerprint density at radius 3 is 2.89 bits per heavy atom. The summed E-state index contributed by atoms with van der Waals surface area (Å²) in [5.41, 5.74) is 1.22. The Bertz CT molecular complexity index is 403. The summed E-state index contributed by atoms with van der Waals surface area (Å²) in [7, 11) is 0. The lowest BCUT2D eigenvalue weighted by Gasteiger charge is -2.51. The first-order chi connectivity index (χ1) is 8.40. The molecule has 0 aromatic rings. The van der Waals surface area contributed by atoms with Gasteiger partial charge in [-0.2, -0.15) is 0 Å². The molecule has 1 aliphatic heterocycles. The summed E-state index contributed by atoms with van der Waals surface area (Å²) in [5, 5.41) is 9.96. The number of aliphatic hydroxyl groups is 1. The lowest BCUT2D eigenvalue weighted by atomic mass is 9.55. The van der Waals surface area contributed by atoms with Crippen LogP contribution in [-0.2, 0) is 9.53 Å². The highest BCUT2D eigenvalue weighted by atomic mass is 16.6. The van der Waals surface area contributed by atoms with Crippen molar-refractivity contribution in [2.45, 2.75) is 51.7 Å². The van der Waals surface area contributed by atoms with E-state index in [1.807, 2.05) is 6.92 Å². The van der Waals surface area contributed by atoms with Crippen LogP contribution in [0.25, 0.3) is 0 Å². The average molecular weight is 250 g/mol. The zero-order valence-electron chi connectivity index (χ0n) is 11.2. The SMILES string of the molecule is C=C1CC(O)C[C@]2(C)C[C@@H]3OC(=O)C(C)[C@H]3C[C@@H]12. The summed E-state index contributed by atoms with van der Waals surface area (Å²) < 4.78 is 5.51. The van der Waals surface area contributed by atoms with Gasteiger partial charge in [0.1, 0.15) is 6.10 Å². The normalized spacial score (nSPS) is 51.6. The van der Waals surface area contributed by atoms with Gasteiger partial charge in [-0.1, -0.05) is 26.0 Å². The first kappa shape index (κ1) is 12.2. The van der Waals surface area contributed by atoms with E-state index in [2.05, 4.69) is 13.5 Å². The molecule has 1 N–H and O–H groups in total. The van der Waals surface area contributed by atoms with Crippen LogP contribution in [0.15, 0.2) is 12.2 Å². The Hall–Kier alpha value is -0.830. The maximum absolute atomic E-state index is 11.7. The second-order valence-corrected chi connectivity index (χ2v) is 6.79. The van der Waals surface area contributed by atoms with Crippen molar-refractivity contribution in [3.63, 3.8) is 0 Å². The predicted molar refractivity (Wildman–Crippen MR) is 67.7 cm³/mol. The lowest BCUT2D eigenvalue weighted by molar-refractivity contribution is -0.146. The summed E-state index contributed by atoms with van der Waals surface area (Å²) in [6, 6.07) is 0. The largest absolute Gasteiger partial charge is 0.462 e. The molecular formula is C15H22O3. The molecule has 3 nitrogen and oxygen atoms in total. The van der Waals surface area contributed by atoms with Crippen molar-refractivity contribution in [3.05, 3.63) is 12.2 Å². The van der Waals surface area contributed by atoms with Crippen molar-refractivity contribution in [1.82, 2.24) is 0 Å². The maximum atomic E-state index is 11.7. The van der Waals surface area contributed by atoms with Crippen LogP contribution in [0.3, 0.4) is 0 Å². The molecule has 0 aromatic carbocycles. The zero-order chi connectivity index (χ0) is 13.1. The van der Waals surface area contributed by atoms with Crippen LogP contribution in [0.5, 0.6) is 0 Å². The van der Waals surface area contributed by atoms with E-state index in [9.17, 15) is 9.90 Å². The maximum Gasteiger partial charge on any atom is 0.309 e. The summed E-state index contributed by atoms with van der Waals surface area (Å²) in [6.07, 6.45) is 3.21. The number of carbonyl (C=O) groups excluding carboxylic acids is 1. The smallest absolute Gasteiger partial charge is 0.309 e. The summed E-state index contributed by atoms with van der Waals surface area (Å²) >= 11 is 0. The number of carbonyl (C=O) groups is 1. The molecule has 3 heteroatoms. The Labute approximate surface area is 108 Å². The fourth-order valence-electron chi connectivity index (χ4n) is 4.49. The first-order valence-electron chi connectivity index (χ1n) is 6.97. The van der Waals surface area contributed by atoms with Gasteiger partial charge in [0.25, 0.3) is 0 Å². The predicted octanol–water partition coefficient (Wildman–Crippen LogP) is 2.29. The van der Waals surface area contributed by atoms with Gasteiger partial charge in [-0.3, -0.25) is 4.79 Å². The first-order valence-corrected chi connectivity index (χ1v) is 6.97. The van der Waals surface area contributed by atoms with E-state index in [0.717, 1.165) is 25.7 Å². The van der Waals surface area contributed by atoms with E-state index < -0.39 is 0 Å². The molecule has 0 radical (unpaired) electrons. The fraction of sp³-hybridized carbons (Fsp3) is 0.800. The van der Waals surface area contributed by atoms with Crippen molar-refractivity contribution < 1.29 is 14.6 Å². The minimum atomic E-state index is -0.273. The molecule has 3 rings (SSSR count). The van der Waals surface area contributed by atoms with Crippen LogP contribution >= 0.6 is 0 Å². The van der Waals surface area contributed by atoms with Gasteiger partial charge in [-0.05, 0) is 37.0 Å². The molecule has 0 spiro atoms. The van der Waals surface area contributed by atoms with Crippen LogP contribution in [-0.4, -0.2) is 23.3 Å². The van der Waals surface area contributed by atoms with Gasteiger partial charge in [0.2, 0.25) is 0 Å². The number of fused-ring (bicyclic) bond motifs is 2. The van der Waals surface area contributed by atoms with Crippen molar-refractivity contribution in [2.75, 3.05) is 0 Å². The third-order valence-electron chi connectivity index (χ3n) is 5.47. The number of hydrogen-bond donors (Lipinski definition) is 1. The molecule has 3 fully saturated rings. The molecule has 1 heterocycles. The van der Waals surface area contributed by atoms with Crippen molar-refractivity contribution in [1.29, 1.82) is 0 Å². The van der Waals surface area contributed by atoms with E-state index in [0.29, 0.717) is 11.8 Å². The molecule has 3 aliphatic rings. The van der Waals surface area contributed by atoms with E-state index in [4.69, 9.17) is 4.74 Å². The van der Waals surface area contributed by atoms with Gasteiger partial charge < -0.3 is 9.84 Å². The van der Waals surface area contributed by atoms with Crippen LogP contribution in [0.2, 0.25) is 0 Å². The van der Waals surface area contributed by atoms with Crippen molar-refractivity contribution in [3.8, 4) is 0 Å². The second-order valence-electron chi connectivity index (χ2n) is 6.79. The van der Waals surface area contributed by atoms with Crippen LogP contribution in [0.1, 0.15) is 39.5 Å². The van der Waals surface area contributed by atoms with Crippen molar-refractivity contribution in [2.24, 2.45) is 23.2 Å². The highest BCUT2D eigenvalue weighted by Crippen LogP contribution is 2.56. The second kappa shape index (κ2) is 3.83. The molecule has 1 saturated heterocycles. The quantitative estimate of drug-likeness (QED) is 0.530. The zero-order valence-corrected chi connectivity index (χ0v) is 11.2. The number of rotatable bonds is 0. The minimum Gasteiger partial charge on any atom is -0.462 e. The van der Waals surface area contributed by atoms with Gasteiger partial charge in [0.15, 0.2) is 0 Å². The van der Waals surface area contributed by atoms with Gasteiger partial charge >= 0.3 is 5.97 Å². The molecule has 0 aromatic heterocycles. The molecule has 2 aliphatic carbocycles. The Kier molecular flexibility index (Phi) is 2.60. The molecule has 2 unspecified atom stereocenters. The highest BCUT2D eigenvalue weighted by molar-refractivity contribution is 5.75. The van der Waals surface area contributed by atoms with Crippen LogP contribution < -0.4 is 0 Å². The van der Waals surface area contributed by atoms with E-state index in [1.165, 1.54) is 5.57 Å². The molecule has 0 amide bonds. The van der Waals surface area contributed by atoms with E-state index in [-0.39, 0.29) is 29.5 Å². The monoisotopic (exact) mass is 250 g/mol. The summed E-state index contributed by atoms with van der Waals surface area (Å²) in [6.45, 7) is 8.37. The standard InChI is InChI=1S/C15H22O3/c1-8-4-10(16)6-15(3)7-13-11(5-12(8)15)9(2)14(17)18-13/h9-13,16H,1,4-7H2,2-3H3/t9?,10?,11-,12+,13+,15-/m1/s1. The number of ether oxygens (including phenoxy) is 1. The third kappa shape index (κ3) is 1.63. The number of esters is 1. The molecule has 2 saturated carbocycles. The Morgan fingerprint density at radius 2 is 2.17 bits per heavy atom. The summed E-state index contributed by atoms with van der Waals surface area (Å²) in [4.78, 5) is 11.7. The van der Waals surface area contributed by atoms with Crippen LogP contribution in [0, 0.1) is 23.2 Å².